The maximum atomic E-state index is 13.0. The first-order chi connectivity index (χ1) is 12.8. The summed E-state index contributed by atoms with van der Waals surface area (Å²) in [6.07, 6.45) is 2.00. The Kier molecular flexibility index (Phi) is 3.79. The fraction of sp³-hybridized carbons (Fsp3) is 0.111. The third kappa shape index (κ3) is 3.07. The number of H-pyrrole nitrogens is 1. The van der Waals surface area contributed by atoms with E-state index in [2.05, 4.69) is 14.9 Å². The summed E-state index contributed by atoms with van der Waals surface area (Å²) in [5, 5.41) is 7.44. The lowest BCUT2D eigenvalue weighted by Gasteiger charge is -2.12. The van der Waals surface area contributed by atoms with Crippen molar-refractivity contribution in [2.75, 3.05) is 0 Å². The van der Waals surface area contributed by atoms with Crippen molar-refractivity contribution < 1.29 is 17.9 Å². The number of fused-ring (bicyclic) bond motifs is 1. The highest BCUT2D eigenvalue weighted by Crippen LogP contribution is 2.28. The Hall–Kier alpha value is -3.49. The lowest BCUT2D eigenvalue weighted by molar-refractivity contribution is -0.274. The standard InChI is InChI=1S/C18H13F3N4O2/c1-24-7-6-14-15(11-8-22-23-9-11)10-25(17(26)16(14)24)12-2-4-13(5-3-12)27-18(19,20)21/h2-10H,1H3,(H,22,23). The number of benzene rings is 1. The van der Waals surface area contributed by atoms with E-state index < -0.39 is 6.36 Å². The molecule has 138 valence electrons. The highest BCUT2D eigenvalue weighted by molar-refractivity contribution is 5.94. The molecule has 0 aliphatic rings. The summed E-state index contributed by atoms with van der Waals surface area (Å²) in [5.41, 5.74) is 2.17. The number of ether oxygens (including phenoxy) is 1. The van der Waals surface area contributed by atoms with Gasteiger partial charge in [-0.3, -0.25) is 14.5 Å². The van der Waals surface area contributed by atoms with E-state index in [4.69, 9.17) is 0 Å². The number of pyridine rings is 1. The van der Waals surface area contributed by atoms with Crippen molar-refractivity contribution in [1.82, 2.24) is 19.3 Å². The number of aryl methyl sites for hydroxylation is 1. The Balaban J connectivity index is 1.88. The van der Waals surface area contributed by atoms with Crippen LogP contribution in [-0.2, 0) is 7.05 Å². The SMILES string of the molecule is Cn1ccc2c(-c3cn[nH]c3)cn(-c3ccc(OC(F)(F)F)cc3)c(=O)c21. The monoisotopic (exact) mass is 374 g/mol. The average Bonchev–Trinajstić information content (AvgIpc) is 3.25. The molecule has 27 heavy (non-hydrogen) atoms. The van der Waals surface area contributed by atoms with E-state index in [-0.39, 0.29) is 11.3 Å². The number of nitrogens with zero attached hydrogens (tertiary/aromatic N) is 3. The fourth-order valence-electron chi connectivity index (χ4n) is 3.01. The summed E-state index contributed by atoms with van der Waals surface area (Å²) in [5.74, 6) is -0.352. The zero-order valence-electron chi connectivity index (χ0n) is 14.0. The molecule has 0 unspecified atom stereocenters. The topological polar surface area (TPSA) is 64.8 Å². The molecule has 1 aromatic carbocycles. The normalized spacial score (nSPS) is 11.9. The Morgan fingerprint density at radius 2 is 1.89 bits per heavy atom. The Morgan fingerprint density at radius 3 is 2.52 bits per heavy atom. The molecule has 0 fully saturated rings. The minimum Gasteiger partial charge on any atom is -0.406 e. The van der Waals surface area contributed by atoms with Gasteiger partial charge in [0.1, 0.15) is 11.3 Å². The van der Waals surface area contributed by atoms with Crippen molar-refractivity contribution in [3.05, 3.63) is 65.5 Å². The van der Waals surface area contributed by atoms with Gasteiger partial charge >= 0.3 is 6.36 Å². The van der Waals surface area contributed by atoms with Gasteiger partial charge in [0.25, 0.3) is 5.56 Å². The van der Waals surface area contributed by atoms with Crippen LogP contribution in [0.2, 0.25) is 0 Å². The molecular formula is C18H13F3N4O2. The van der Waals surface area contributed by atoms with Crippen molar-refractivity contribution >= 4 is 10.9 Å². The summed E-state index contributed by atoms with van der Waals surface area (Å²) < 4.78 is 44.0. The van der Waals surface area contributed by atoms with E-state index in [1.54, 1.807) is 36.4 Å². The zero-order valence-corrected chi connectivity index (χ0v) is 14.0. The molecule has 0 aliphatic carbocycles. The van der Waals surface area contributed by atoms with Crippen LogP contribution in [-0.4, -0.2) is 25.7 Å². The van der Waals surface area contributed by atoms with Crippen LogP contribution >= 0.6 is 0 Å². The van der Waals surface area contributed by atoms with Crippen molar-refractivity contribution in [1.29, 1.82) is 0 Å². The first-order valence-electron chi connectivity index (χ1n) is 7.89. The number of aromatic amines is 1. The smallest absolute Gasteiger partial charge is 0.406 e. The van der Waals surface area contributed by atoms with E-state index in [0.29, 0.717) is 11.2 Å². The number of hydrogen-bond donors (Lipinski definition) is 1. The van der Waals surface area contributed by atoms with Crippen LogP contribution in [0.15, 0.2) is 59.9 Å². The van der Waals surface area contributed by atoms with Gasteiger partial charge in [0, 0.05) is 47.8 Å². The van der Waals surface area contributed by atoms with Crippen LogP contribution in [0.4, 0.5) is 13.2 Å². The van der Waals surface area contributed by atoms with Crippen LogP contribution in [0.3, 0.4) is 0 Å². The van der Waals surface area contributed by atoms with E-state index in [0.717, 1.165) is 16.5 Å². The molecule has 6 nitrogen and oxygen atoms in total. The van der Waals surface area contributed by atoms with Crippen molar-refractivity contribution in [3.63, 3.8) is 0 Å². The van der Waals surface area contributed by atoms with Crippen LogP contribution in [0, 0.1) is 0 Å². The van der Waals surface area contributed by atoms with E-state index in [9.17, 15) is 18.0 Å². The predicted octanol–water partition coefficient (Wildman–Crippen LogP) is 3.62. The second kappa shape index (κ2) is 6.04. The van der Waals surface area contributed by atoms with Crippen molar-refractivity contribution in [2.45, 2.75) is 6.36 Å². The Morgan fingerprint density at radius 1 is 1.15 bits per heavy atom. The number of alkyl halides is 3. The molecule has 0 radical (unpaired) electrons. The molecule has 9 heteroatoms. The molecule has 0 spiro atoms. The minimum absolute atomic E-state index is 0.283. The summed E-state index contributed by atoms with van der Waals surface area (Å²) in [6, 6.07) is 6.97. The first-order valence-corrected chi connectivity index (χ1v) is 7.89. The molecule has 0 atom stereocenters. The number of rotatable bonds is 3. The van der Waals surface area contributed by atoms with Gasteiger partial charge in [-0.05, 0) is 30.3 Å². The van der Waals surface area contributed by atoms with Gasteiger partial charge in [-0.2, -0.15) is 5.10 Å². The summed E-state index contributed by atoms with van der Waals surface area (Å²) in [6.45, 7) is 0. The van der Waals surface area contributed by atoms with Crippen LogP contribution in [0.1, 0.15) is 0 Å². The highest BCUT2D eigenvalue weighted by Gasteiger charge is 2.31. The van der Waals surface area contributed by atoms with Gasteiger partial charge in [-0.1, -0.05) is 0 Å². The molecular weight excluding hydrogens is 361 g/mol. The molecule has 0 bridgehead atoms. The van der Waals surface area contributed by atoms with Crippen LogP contribution < -0.4 is 10.3 Å². The van der Waals surface area contributed by atoms with Gasteiger partial charge in [0.05, 0.1) is 6.20 Å². The molecule has 0 aliphatic heterocycles. The molecule has 0 saturated carbocycles. The molecule has 4 aromatic rings. The Bertz CT molecular complexity index is 1160. The quantitative estimate of drug-likeness (QED) is 0.596. The van der Waals surface area contributed by atoms with Crippen LogP contribution in [0.5, 0.6) is 5.75 Å². The number of aromatic nitrogens is 4. The molecule has 0 amide bonds. The second-order valence-electron chi connectivity index (χ2n) is 5.94. The molecule has 1 N–H and O–H groups in total. The van der Waals surface area contributed by atoms with Gasteiger partial charge in [-0.25, -0.2) is 0 Å². The molecule has 0 saturated heterocycles. The van der Waals surface area contributed by atoms with E-state index in [1.807, 2.05) is 6.07 Å². The Labute approximate surface area is 150 Å². The minimum atomic E-state index is -4.77. The maximum absolute atomic E-state index is 13.0. The maximum Gasteiger partial charge on any atom is 0.573 e. The number of hydrogen-bond acceptors (Lipinski definition) is 3. The molecule has 3 heterocycles. The van der Waals surface area contributed by atoms with Crippen molar-refractivity contribution in [3.8, 4) is 22.6 Å². The van der Waals surface area contributed by atoms with Gasteiger partial charge in [-0.15, -0.1) is 13.2 Å². The number of halogens is 3. The fourth-order valence-corrected chi connectivity index (χ4v) is 3.01. The average molecular weight is 374 g/mol. The second-order valence-corrected chi connectivity index (χ2v) is 5.94. The summed E-state index contributed by atoms with van der Waals surface area (Å²) in [7, 11) is 1.76. The summed E-state index contributed by atoms with van der Waals surface area (Å²) in [4.78, 5) is 13.0. The van der Waals surface area contributed by atoms with E-state index >= 15 is 0 Å². The number of nitrogens with one attached hydrogen (secondary N) is 1. The van der Waals surface area contributed by atoms with Crippen molar-refractivity contribution in [2.24, 2.45) is 7.05 Å². The largest absolute Gasteiger partial charge is 0.573 e. The lowest BCUT2D eigenvalue weighted by atomic mass is 10.1. The zero-order chi connectivity index (χ0) is 19.2. The third-order valence-corrected chi connectivity index (χ3v) is 4.20. The van der Waals surface area contributed by atoms with Gasteiger partial charge in [0.2, 0.25) is 0 Å². The van der Waals surface area contributed by atoms with E-state index in [1.165, 1.54) is 28.8 Å². The summed E-state index contributed by atoms with van der Waals surface area (Å²) >= 11 is 0. The first kappa shape index (κ1) is 17.0. The van der Waals surface area contributed by atoms with Gasteiger partial charge in [0.15, 0.2) is 0 Å². The van der Waals surface area contributed by atoms with Gasteiger partial charge < -0.3 is 9.30 Å². The lowest BCUT2D eigenvalue weighted by Crippen LogP contribution is -2.20. The molecule has 4 rings (SSSR count). The highest BCUT2D eigenvalue weighted by atomic mass is 19.4. The molecule has 3 aromatic heterocycles. The van der Waals surface area contributed by atoms with Crippen LogP contribution in [0.25, 0.3) is 27.7 Å². The predicted molar refractivity (Wildman–Crippen MR) is 92.8 cm³/mol. The third-order valence-electron chi connectivity index (χ3n) is 4.20.